The van der Waals surface area contributed by atoms with Crippen LogP contribution in [0.4, 0.5) is 0 Å². The number of hydrogen-bond acceptors (Lipinski definition) is 4. The molecule has 40 heavy (non-hydrogen) atoms. The van der Waals surface area contributed by atoms with Crippen molar-refractivity contribution in [2.24, 2.45) is 0 Å². The molecule has 0 unspecified atom stereocenters. The molecule has 2 aliphatic heterocycles. The number of ether oxygens (including phenoxy) is 2. The number of halogens is 1. The van der Waals surface area contributed by atoms with Crippen molar-refractivity contribution in [3.05, 3.63) is 94.5 Å². The standard InChI is InChI=1S/C35H43ClN2O2/c1-28(29-8-14-32(36)15-9-29)35(30-10-16-33(17-11-30)39-26-24-37-20-4-2-5-21-37)31-12-18-34(19-13-31)40-27-25-38-22-6-3-7-23-38/h8-19H,2-7,20-27H2,1H3. The van der Waals surface area contributed by atoms with Gasteiger partial charge in [-0.3, -0.25) is 9.80 Å². The Bertz CT molecular complexity index is 1140. The molecular weight excluding hydrogens is 516 g/mol. The molecule has 0 amide bonds. The molecular formula is C35H43ClN2O2. The summed E-state index contributed by atoms with van der Waals surface area (Å²) in [6, 6.07) is 25.2. The van der Waals surface area contributed by atoms with Crippen LogP contribution in [0.3, 0.4) is 0 Å². The van der Waals surface area contributed by atoms with Crippen LogP contribution in [-0.2, 0) is 0 Å². The summed E-state index contributed by atoms with van der Waals surface area (Å²) in [6.07, 6.45) is 7.95. The molecule has 2 heterocycles. The Morgan fingerprint density at radius 2 is 0.975 bits per heavy atom. The third kappa shape index (κ3) is 8.13. The maximum atomic E-state index is 6.20. The summed E-state index contributed by atoms with van der Waals surface area (Å²) in [5.41, 5.74) is 5.88. The average molecular weight is 559 g/mol. The van der Waals surface area contributed by atoms with Crippen LogP contribution in [-0.4, -0.2) is 62.3 Å². The van der Waals surface area contributed by atoms with E-state index in [-0.39, 0.29) is 0 Å². The van der Waals surface area contributed by atoms with E-state index in [1.165, 1.54) is 75.9 Å². The van der Waals surface area contributed by atoms with Gasteiger partial charge in [-0.2, -0.15) is 0 Å². The first-order valence-corrected chi connectivity index (χ1v) is 15.4. The van der Waals surface area contributed by atoms with E-state index in [1.807, 2.05) is 12.1 Å². The molecule has 0 saturated carbocycles. The summed E-state index contributed by atoms with van der Waals surface area (Å²) in [5.74, 6) is 1.84. The second-order valence-corrected chi connectivity index (χ2v) is 11.5. The van der Waals surface area contributed by atoms with Crippen molar-refractivity contribution in [2.75, 3.05) is 52.5 Å². The van der Waals surface area contributed by atoms with E-state index >= 15 is 0 Å². The predicted octanol–water partition coefficient (Wildman–Crippen LogP) is 8.05. The second kappa shape index (κ2) is 14.7. The third-order valence-electron chi connectivity index (χ3n) is 8.19. The van der Waals surface area contributed by atoms with Crippen molar-refractivity contribution in [2.45, 2.75) is 45.4 Å². The van der Waals surface area contributed by atoms with Crippen LogP contribution in [0.15, 0.2) is 72.8 Å². The SMILES string of the molecule is CC(=C(c1ccc(OCCN2CCCCC2)cc1)c1ccc(OCCN2CCCCC2)cc1)c1ccc(Cl)cc1. The normalized spacial score (nSPS) is 16.4. The molecule has 2 fully saturated rings. The van der Waals surface area contributed by atoms with Crippen LogP contribution in [0.1, 0.15) is 62.1 Å². The topological polar surface area (TPSA) is 24.9 Å². The summed E-state index contributed by atoms with van der Waals surface area (Å²) in [7, 11) is 0. The van der Waals surface area contributed by atoms with Gasteiger partial charge < -0.3 is 9.47 Å². The summed E-state index contributed by atoms with van der Waals surface area (Å²) in [6.45, 7) is 10.4. The maximum absolute atomic E-state index is 6.20. The minimum atomic E-state index is 0.727. The van der Waals surface area contributed by atoms with Gasteiger partial charge in [0.15, 0.2) is 0 Å². The van der Waals surface area contributed by atoms with E-state index in [9.17, 15) is 0 Å². The molecule has 4 nitrogen and oxygen atoms in total. The lowest BCUT2D eigenvalue weighted by Crippen LogP contribution is -2.33. The summed E-state index contributed by atoms with van der Waals surface area (Å²) < 4.78 is 12.2. The minimum absolute atomic E-state index is 0.727. The fourth-order valence-electron chi connectivity index (χ4n) is 5.83. The van der Waals surface area contributed by atoms with Gasteiger partial charge in [-0.25, -0.2) is 0 Å². The van der Waals surface area contributed by atoms with Gasteiger partial charge in [0, 0.05) is 18.1 Å². The number of hydrogen-bond donors (Lipinski definition) is 0. The molecule has 3 aromatic carbocycles. The monoisotopic (exact) mass is 558 g/mol. The first kappa shape index (κ1) is 28.7. The Labute approximate surface area is 245 Å². The van der Waals surface area contributed by atoms with Crippen LogP contribution in [0.2, 0.25) is 5.02 Å². The van der Waals surface area contributed by atoms with E-state index in [0.717, 1.165) is 59.5 Å². The quantitative estimate of drug-likeness (QED) is 0.222. The fourth-order valence-corrected chi connectivity index (χ4v) is 5.96. The highest BCUT2D eigenvalue weighted by molar-refractivity contribution is 6.30. The zero-order valence-corrected chi connectivity index (χ0v) is 24.7. The second-order valence-electron chi connectivity index (χ2n) is 11.1. The molecule has 0 N–H and O–H groups in total. The summed E-state index contributed by atoms with van der Waals surface area (Å²) >= 11 is 6.20. The average Bonchev–Trinajstić information content (AvgIpc) is 3.00. The van der Waals surface area contributed by atoms with Gasteiger partial charge in [-0.15, -0.1) is 0 Å². The molecule has 0 spiro atoms. The molecule has 2 aliphatic rings. The van der Waals surface area contributed by atoms with Gasteiger partial charge in [-0.1, -0.05) is 60.8 Å². The molecule has 3 aromatic rings. The zero-order valence-electron chi connectivity index (χ0n) is 23.9. The third-order valence-corrected chi connectivity index (χ3v) is 8.44. The van der Waals surface area contributed by atoms with Crippen molar-refractivity contribution < 1.29 is 9.47 Å². The highest BCUT2D eigenvalue weighted by Gasteiger charge is 2.14. The Balaban J connectivity index is 1.29. The van der Waals surface area contributed by atoms with E-state index in [1.54, 1.807) is 0 Å². The van der Waals surface area contributed by atoms with Gasteiger partial charge >= 0.3 is 0 Å². The van der Waals surface area contributed by atoms with Crippen LogP contribution >= 0.6 is 11.6 Å². The smallest absolute Gasteiger partial charge is 0.119 e. The Morgan fingerprint density at radius 3 is 1.40 bits per heavy atom. The van der Waals surface area contributed by atoms with E-state index in [0.29, 0.717) is 0 Å². The first-order chi connectivity index (χ1) is 19.7. The number of nitrogens with zero attached hydrogens (tertiary/aromatic N) is 2. The van der Waals surface area contributed by atoms with Gasteiger partial charge in [0.05, 0.1) is 0 Å². The van der Waals surface area contributed by atoms with Crippen molar-refractivity contribution in [1.82, 2.24) is 9.80 Å². The van der Waals surface area contributed by atoms with Gasteiger partial charge in [0.1, 0.15) is 24.7 Å². The zero-order chi connectivity index (χ0) is 27.6. The van der Waals surface area contributed by atoms with Crippen LogP contribution in [0, 0.1) is 0 Å². The molecule has 0 atom stereocenters. The molecule has 0 aromatic heterocycles. The van der Waals surface area contributed by atoms with Crippen molar-refractivity contribution in [1.29, 1.82) is 0 Å². The van der Waals surface area contributed by atoms with Crippen LogP contribution in [0.25, 0.3) is 11.1 Å². The fraction of sp³-hybridized carbons (Fsp3) is 0.429. The Hall–Kier alpha value is -2.79. The van der Waals surface area contributed by atoms with Crippen LogP contribution < -0.4 is 9.47 Å². The lowest BCUT2D eigenvalue weighted by atomic mass is 9.90. The first-order valence-electron chi connectivity index (χ1n) is 15.0. The Morgan fingerprint density at radius 1 is 0.575 bits per heavy atom. The highest BCUT2D eigenvalue weighted by atomic mass is 35.5. The molecule has 0 radical (unpaired) electrons. The largest absolute Gasteiger partial charge is 0.492 e. The number of benzene rings is 3. The lowest BCUT2D eigenvalue weighted by Gasteiger charge is -2.26. The van der Waals surface area contributed by atoms with E-state index in [4.69, 9.17) is 21.1 Å². The molecule has 2 saturated heterocycles. The Kier molecular flexibility index (Phi) is 10.6. The number of likely N-dealkylation sites (tertiary alicyclic amines) is 2. The molecule has 212 valence electrons. The maximum Gasteiger partial charge on any atom is 0.119 e. The van der Waals surface area contributed by atoms with Gasteiger partial charge in [0.2, 0.25) is 0 Å². The lowest BCUT2D eigenvalue weighted by molar-refractivity contribution is 0.183. The van der Waals surface area contributed by atoms with E-state index in [2.05, 4.69) is 77.4 Å². The highest BCUT2D eigenvalue weighted by Crippen LogP contribution is 2.34. The molecule has 0 bridgehead atoms. The van der Waals surface area contributed by atoms with Crippen molar-refractivity contribution >= 4 is 22.7 Å². The molecule has 5 rings (SSSR count). The number of piperidine rings is 2. The summed E-state index contributed by atoms with van der Waals surface area (Å²) in [4.78, 5) is 5.02. The number of allylic oxidation sites excluding steroid dienone is 1. The number of rotatable bonds is 11. The molecule has 5 heteroatoms. The molecule has 0 aliphatic carbocycles. The summed E-state index contributed by atoms with van der Waals surface area (Å²) in [5, 5.41) is 0.746. The van der Waals surface area contributed by atoms with Gasteiger partial charge in [0.25, 0.3) is 0 Å². The van der Waals surface area contributed by atoms with Crippen molar-refractivity contribution in [3.63, 3.8) is 0 Å². The van der Waals surface area contributed by atoms with Crippen LogP contribution in [0.5, 0.6) is 11.5 Å². The predicted molar refractivity (Wildman–Crippen MR) is 167 cm³/mol. The van der Waals surface area contributed by atoms with Gasteiger partial charge in [-0.05, 0) is 123 Å². The minimum Gasteiger partial charge on any atom is -0.492 e. The van der Waals surface area contributed by atoms with E-state index < -0.39 is 0 Å². The van der Waals surface area contributed by atoms with Crippen molar-refractivity contribution in [3.8, 4) is 11.5 Å².